The molecule has 3 heterocycles. The van der Waals surface area contributed by atoms with Crippen LogP contribution in [0.2, 0.25) is 5.02 Å². The molecule has 2 atom stereocenters. The van der Waals surface area contributed by atoms with Crippen molar-refractivity contribution in [2.45, 2.75) is 39.3 Å². The Labute approximate surface area is 173 Å². The number of benzene rings is 1. The Morgan fingerprint density at radius 1 is 1.21 bits per heavy atom. The summed E-state index contributed by atoms with van der Waals surface area (Å²) in [6.07, 6.45) is 1.24. The third-order valence-electron chi connectivity index (χ3n) is 4.93. The van der Waals surface area contributed by atoms with Gasteiger partial charge in [0.25, 0.3) is 5.56 Å². The quantitative estimate of drug-likeness (QED) is 0.634. The Balaban J connectivity index is 1.89. The number of carbonyl (C=O) groups is 1. The molecule has 152 valence electrons. The van der Waals surface area contributed by atoms with E-state index in [1.54, 1.807) is 21.7 Å². The number of rotatable bonds is 2. The van der Waals surface area contributed by atoms with Crippen LogP contribution in [0.25, 0.3) is 11.2 Å². The van der Waals surface area contributed by atoms with Gasteiger partial charge < -0.3 is 4.74 Å². The minimum Gasteiger partial charge on any atom is -0.444 e. The fraction of sp³-hybridized carbons (Fsp3) is 0.381. The van der Waals surface area contributed by atoms with E-state index in [1.165, 1.54) is 4.52 Å². The lowest BCUT2D eigenvalue weighted by atomic mass is 9.90. The molecule has 0 radical (unpaired) electrons. The van der Waals surface area contributed by atoms with E-state index in [4.69, 9.17) is 16.3 Å². The zero-order valence-electron chi connectivity index (χ0n) is 16.8. The first kappa shape index (κ1) is 19.5. The van der Waals surface area contributed by atoms with E-state index in [1.807, 2.05) is 58.0 Å². The van der Waals surface area contributed by atoms with Crippen LogP contribution in [0.3, 0.4) is 0 Å². The van der Waals surface area contributed by atoms with Crippen molar-refractivity contribution >= 4 is 23.2 Å². The van der Waals surface area contributed by atoms with E-state index in [0.29, 0.717) is 28.6 Å². The summed E-state index contributed by atoms with van der Waals surface area (Å²) in [6.45, 7) is 8.05. The molecule has 29 heavy (non-hydrogen) atoms. The number of para-hydroxylation sites is 1. The highest BCUT2D eigenvalue weighted by molar-refractivity contribution is 6.33. The van der Waals surface area contributed by atoms with E-state index in [9.17, 15) is 9.59 Å². The van der Waals surface area contributed by atoms with Gasteiger partial charge in [0.2, 0.25) is 0 Å². The van der Waals surface area contributed by atoms with Crippen molar-refractivity contribution in [3.8, 4) is 5.69 Å². The van der Waals surface area contributed by atoms with Crippen LogP contribution in [0, 0.1) is 5.92 Å². The molecule has 2 aromatic heterocycles. The number of fused-ring (bicyclic) bond motifs is 1. The molecule has 0 saturated carbocycles. The molecule has 1 unspecified atom stereocenters. The van der Waals surface area contributed by atoms with Crippen LogP contribution < -0.4 is 5.56 Å². The number of likely N-dealkylation sites (tertiary alicyclic amines) is 1. The second-order valence-corrected chi connectivity index (χ2v) is 8.75. The molecule has 1 aliphatic heterocycles. The zero-order valence-corrected chi connectivity index (χ0v) is 17.6. The number of nitrogens with zero attached hydrogens (tertiary/aromatic N) is 4. The van der Waals surface area contributed by atoms with Crippen LogP contribution >= 0.6 is 11.6 Å². The van der Waals surface area contributed by atoms with Crippen LogP contribution in [-0.4, -0.2) is 37.3 Å². The molecule has 1 amide bonds. The largest absolute Gasteiger partial charge is 0.444 e. The predicted octanol–water partition coefficient (Wildman–Crippen LogP) is 4.07. The van der Waals surface area contributed by atoms with Gasteiger partial charge in [0.05, 0.1) is 16.8 Å². The zero-order chi connectivity index (χ0) is 20.9. The predicted molar refractivity (Wildman–Crippen MR) is 111 cm³/mol. The molecule has 8 heteroatoms. The maximum absolute atomic E-state index is 13.4. The van der Waals surface area contributed by atoms with E-state index in [-0.39, 0.29) is 17.5 Å². The van der Waals surface area contributed by atoms with E-state index in [2.05, 4.69) is 5.10 Å². The van der Waals surface area contributed by atoms with Gasteiger partial charge in [0.1, 0.15) is 11.1 Å². The van der Waals surface area contributed by atoms with Gasteiger partial charge >= 0.3 is 6.09 Å². The molecule has 1 aliphatic rings. The topological polar surface area (TPSA) is 68.8 Å². The molecule has 1 fully saturated rings. The Morgan fingerprint density at radius 2 is 1.90 bits per heavy atom. The lowest BCUT2D eigenvalue weighted by Crippen LogP contribution is -2.54. The summed E-state index contributed by atoms with van der Waals surface area (Å²) >= 11 is 6.24. The Morgan fingerprint density at radius 3 is 2.52 bits per heavy atom. The Kier molecular flexibility index (Phi) is 4.65. The molecular weight excluding hydrogens is 392 g/mol. The number of hydrogen-bond acceptors (Lipinski definition) is 4. The summed E-state index contributed by atoms with van der Waals surface area (Å²) in [5.41, 5.74) is 0.0859. The number of halogens is 1. The first-order valence-electron chi connectivity index (χ1n) is 9.52. The lowest BCUT2D eigenvalue weighted by molar-refractivity contribution is -0.0303. The van der Waals surface area contributed by atoms with Gasteiger partial charge in [-0.05, 0) is 39.0 Å². The first-order valence-corrected chi connectivity index (χ1v) is 9.90. The summed E-state index contributed by atoms with van der Waals surface area (Å²) in [4.78, 5) is 27.7. The second kappa shape index (κ2) is 6.91. The maximum atomic E-state index is 13.4. The number of hydrogen-bond donors (Lipinski definition) is 0. The highest BCUT2D eigenvalue weighted by atomic mass is 35.5. The van der Waals surface area contributed by atoms with Crippen LogP contribution in [0.1, 0.15) is 39.6 Å². The molecule has 0 aliphatic carbocycles. The summed E-state index contributed by atoms with van der Waals surface area (Å²) in [7, 11) is 0. The fourth-order valence-corrected chi connectivity index (χ4v) is 3.88. The molecule has 0 bridgehead atoms. The molecule has 1 saturated heterocycles. The number of ether oxygens (including phenoxy) is 1. The minimum atomic E-state index is -0.606. The average molecular weight is 415 g/mol. The van der Waals surface area contributed by atoms with E-state index >= 15 is 0 Å². The van der Waals surface area contributed by atoms with Gasteiger partial charge in [0, 0.05) is 18.7 Å². The van der Waals surface area contributed by atoms with Crippen molar-refractivity contribution in [1.29, 1.82) is 0 Å². The normalized spacial score (nSPS) is 19.3. The second-order valence-electron chi connectivity index (χ2n) is 8.35. The molecule has 4 rings (SSSR count). The van der Waals surface area contributed by atoms with E-state index < -0.39 is 11.7 Å². The smallest absolute Gasteiger partial charge is 0.410 e. The molecule has 7 nitrogen and oxygen atoms in total. The molecule has 0 N–H and O–H groups in total. The Bertz CT molecular complexity index is 1130. The van der Waals surface area contributed by atoms with Crippen LogP contribution in [0.4, 0.5) is 4.79 Å². The molecule has 0 spiro atoms. The highest BCUT2D eigenvalue weighted by Crippen LogP contribution is 2.39. The van der Waals surface area contributed by atoms with Crippen molar-refractivity contribution in [1.82, 2.24) is 19.1 Å². The van der Waals surface area contributed by atoms with Crippen molar-refractivity contribution in [3.05, 3.63) is 63.8 Å². The summed E-state index contributed by atoms with van der Waals surface area (Å²) in [5.74, 6) is 0.596. The van der Waals surface area contributed by atoms with E-state index in [0.717, 1.165) is 0 Å². The number of aromatic nitrogens is 3. The van der Waals surface area contributed by atoms with Gasteiger partial charge in [-0.3, -0.25) is 14.3 Å². The third-order valence-corrected chi connectivity index (χ3v) is 5.23. The fourth-order valence-electron chi connectivity index (χ4n) is 3.66. The van der Waals surface area contributed by atoms with Crippen LogP contribution in [-0.2, 0) is 4.74 Å². The first-order chi connectivity index (χ1) is 13.7. The number of amides is 1. The van der Waals surface area contributed by atoms with Gasteiger partial charge in [-0.15, -0.1) is 0 Å². The van der Waals surface area contributed by atoms with Crippen LogP contribution in [0.5, 0.6) is 0 Å². The summed E-state index contributed by atoms with van der Waals surface area (Å²) in [5, 5.41) is 5.02. The minimum absolute atomic E-state index is 0.118. The third kappa shape index (κ3) is 3.40. The standard InChI is InChI=1S/C21H23ClN4O3/c1-13-12-24(20(28)29-21(2,3)4)16(13)18-23-25-11-10-15(22)17(25)19(27)26(18)14-8-6-5-7-9-14/h5-11,13,16H,12H2,1-4H3/t13-,16?/m0/s1. The van der Waals surface area contributed by atoms with Crippen molar-refractivity contribution in [2.24, 2.45) is 5.92 Å². The average Bonchev–Trinajstić information content (AvgIpc) is 3.00. The van der Waals surface area contributed by atoms with Gasteiger partial charge in [-0.25, -0.2) is 9.31 Å². The maximum Gasteiger partial charge on any atom is 0.410 e. The molecule has 3 aromatic rings. The summed E-state index contributed by atoms with van der Waals surface area (Å²) in [6, 6.07) is 10.5. The molecule has 1 aromatic carbocycles. The highest BCUT2D eigenvalue weighted by Gasteiger charge is 2.45. The van der Waals surface area contributed by atoms with Crippen molar-refractivity contribution in [2.75, 3.05) is 6.54 Å². The number of carbonyl (C=O) groups excluding carboxylic acids is 1. The van der Waals surface area contributed by atoms with Crippen LogP contribution in [0.15, 0.2) is 47.4 Å². The van der Waals surface area contributed by atoms with Gasteiger partial charge in [-0.2, -0.15) is 5.10 Å². The Hall–Kier alpha value is -2.80. The molecular formula is C21H23ClN4O3. The van der Waals surface area contributed by atoms with Crippen molar-refractivity contribution in [3.63, 3.8) is 0 Å². The SMILES string of the molecule is C[C@H]1CN(C(=O)OC(C)(C)C)C1c1nn2ccc(Cl)c2c(=O)n1-c1ccccc1. The van der Waals surface area contributed by atoms with Crippen molar-refractivity contribution < 1.29 is 9.53 Å². The van der Waals surface area contributed by atoms with Gasteiger partial charge in [0.15, 0.2) is 5.82 Å². The summed E-state index contributed by atoms with van der Waals surface area (Å²) < 4.78 is 8.58. The van der Waals surface area contributed by atoms with Gasteiger partial charge in [-0.1, -0.05) is 36.7 Å². The lowest BCUT2D eigenvalue weighted by Gasteiger charge is -2.46. The monoisotopic (exact) mass is 414 g/mol.